The Morgan fingerprint density at radius 2 is 2.04 bits per heavy atom. The van der Waals surface area contributed by atoms with E-state index in [4.69, 9.17) is 9.15 Å². The lowest BCUT2D eigenvalue weighted by Crippen LogP contribution is -2.11. The van der Waals surface area contributed by atoms with Crippen LogP contribution in [0.15, 0.2) is 65.4 Å². The molecule has 4 aromatic rings. The molecule has 0 aliphatic heterocycles. The van der Waals surface area contributed by atoms with Crippen molar-refractivity contribution in [3.05, 3.63) is 61.0 Å². The molecule has 0 amide bonds. The minimum atomic E-state index is 0.522. The zero-order valence-electron chi connectivity index (χ0n) is 14.9. The molecule has 3 aromatic heterocycles. The highest BCUT2D eigenvalue weighted by atomic mass is 16.5. The van der Waals surface area contributed by atoms with Gasteiger partial charge in [0.05, 0.1) is 18.9 Å². The average molecular weight is 362 g/mol. The van der Waals surface area contributed by atoms with Crippen LogP contribution in [0.25, 0.3) is 11.4 Å². The number of benzene rings is 1. The van der Waals surface area contributed by atoms with Gasteiger partial charge in [0.1, 0.15) is 11.6 Å². The van der Waals surface area contributed by atoms with Crippen molar-refractivity contribution in [3.63, 3.8) is 0 Å². The monoisotopic (exact) mass is 362 g/mol. The Kier molecular flexibility index (Phi) is 4.44. The van der Waals surface area contributed by atoms with Crippen LogP contribution in [0.1, 0.15) is 0 Å². The first-order chi connectivity index (χ1) is 13.2. The number of nitrogens with zero attached hydrogens (tertiary/aromatic N) is 4. The Balaban J connectivity index is 1.62. The summed E-state index contributed by atoms with van der Waals surface area (Å²) in [6.45, 7) is 0. The number of pyridine rings is 1. The minimum absolute atomic E-state index is 0.522. The van der Waals surface area contributed by atoms with E-state index in [1.165, 1.54) is 0 Å². The van der Waals surface area contributed by atoms with Crippen molar-refractivity contribution in [2.45, 2.75) is 0 Å². The summed E-state index contributed by atoms with van der Waals surface area (Å²) in [5.74, 6) is 3.27. The first kappa shape index (κ1) is 16.6. The zero-order valence-corrected chi connectivity index (χ0v) is 14.9. The maximum atomic E-state index is 5.46. The molecule has 136 valence electrons. The predicted octanol–water partition coefficient (Wildman–Crippen LogP) is 3.98. The van der Waals surface area contributed by atoms with E-state index in [2.05, 4.69) is 25.5 Å². The summed E-state index contributed by atoms with van der Waals surface area (Å²) in [6, 6.07) is 15.1. The van der Waals surface area contributed by atoms with Gasteiger partial charge in [-0.3, -0.25) is 4.90 Å². The van der Waals surface area contributed by atoms with E-state index >= 15 is 0 Å². The van der Waals surface area contributed by atoms with Crippen molar-refractivity contribution in [3.8, 4) is 17.1 Å². The summed E-state index contributed by atoms with van der Waals surface area (Å²) >= 11 is 0. The third-order valence-corrected chi connectivity index (χ3v) is 4.02. The number of hydrogen-bond donors (Lipinski definition) is 2. The van der Waals surface area contributed by atoms with Gasteiger partial charge in [-0.05, 0) is 30.3 Å². The number of nitrogens with one attached hydrogen (secondary N) is 2. The van der Waals surface area contributed by atoms with Crippen molar-refractivity contribution in [2.24, 2.45) is 0 Å². The quantitative estimate of drug-likeness (QED) is 0.536. The standard InChI is InChI=1S/C19H18N6O2/c1-25(16-9-5-11-27-16)18-15(8-4-10-20-18)17-22-19(24-23-17)21-13-6-3-7-14(12-13)26-2/h3-12H,1-2H3,(H2,21,22,23,24). The van der Waals surface area contributed by atoms with E-state index < -0.39 is 0 Å². The number of anilines is 4. The Morgan fingerprint density at radius 1 is 1.11 bits per heavy atom. The second-order valence-electron chi connectivity index (χ2n) is 5.76. The third kappa shape index (κ3) is 3.45. The Morgan fingerprint density at radius 3 is 2.85 bits per heavy atom. The highest BCUT2D eigenvalue weighted by Gasteiger charge is 2.16. The first-order valence-corrected chi connectivity index (χ1v) is 8.31. The number of ether oxygens (including phenoxy) is 1. The van der Waals surface area contributed by atoms with Gasteiger partial charge in [-0.25, -0.2) is 4.98 Å². The molecular formula is C19H18N6O2. The predicted molar refractivity (Wildman–Crippen MR) is 103 cm³/mol. The fraction of sp³-hybridized carbons (Fsp3) is 0.105. The highest BCUT2D eigenvalue weighted by Crippen LogP contribution is 2.31. The Hall–Kier alpha value is -3.81. The number of hydrogen-bond acceptors (Lipinski definition) is 7. The van der Waals surface area contributed by atoms with Gasteiger partial charge in [-0.15, -0.1) is 10.2 Å². The van der Waals surface area contributed by atoms with Gasteiger partial charge < -0.3 is 19.5 Å². The minimum Gasteiger partial charge on any atom is -0.497 e. The van der Waals surface area contributed by atoms with Crippen LogP contribution in [0.2, 0.25) is 0 Å². The van der Waals surface area contributed by atoms with Crippen LogP contribution in [0.3, 0.4) is 0 Å². The maximum absolute atomic E-state index is 5.46. The number of rotatable bonds is 6. The summed E-state index contributed by atoms with van der Waals surface area (Å²) in [5, 5.41) is 11.6. The van der Waals surface area contributed by atoms with Crippen LogP contribution in [-0.4, -0.2) is 34.3 Å². The molecule has 0 fully saturated rings. The molecule has 0 radical (unpaired) electrons. The van der Waals surface area contributed by atoms with Crippen molar-refractivity contribution in [2.75, 3.05) is 24.4 Å². The number of furan rings is 1. The summed E-state index contributed by atoms with van der Waals surface area (Å²) < 4.78 is 10.7. The molecule has 27 heavy (non-hydrogen) atoms. The lowest BCUT2D eigenvalue weighted by Gasteiger charge is -2.17. The second kappa shape index (κ2) is 7.20. The van der Waals surface area contributed by atoms with E-state index in [-0.39, 0.29) is 0 Å². The zero-order chi connectivity index (χ0) is 18.6. The summed E-state index contributed by atoms with van der Waals surface area (Å²) in [5.41, 5.74) is 1.65. The number of H-pyrrole nitrogens is 1. The fourth-order valence-electron chi connectivity index (χ4n) is 2.69. The molecule has 0 bridgehead atoms. The molecular weight excluding hydrogens is 344 g/mol. The van der Waals surface area contributed by atoms with Crippen LogP contribution in [0.5, 0.6) is 5.75 Å². The van der Waals surface area contributed by atoms with Gasteiger partial charge in [-0.2, -0.15) is 0 Å². The molecule has 0 saturated heterocycles. The largest absolute Gasteiger partial charge is 0.497 e. The third-order valence-electron chi connectivity index (χ3n) is 4.02. The molecule has 0 spiro atoms. The van der Waals surface area contributed by atoms with Gasteiger partial charge in [0.15, 0.2) is 5.82 Å². The summed E-state index contributed by atoms with van der Waals surface area (Å²) in [6.07, 6.45) is 3.35. The summed E-state index contributed by atoms with van der Waals surface area (Å²) in [4.78, 5) is 9.51. The first-order valence-electron chi connectivity index (χ1n) is 8.31. The topological polar surface area (TPSA) is 92.1 Å². The smallest absolute Gasteiger partial charge is 0.226 e. The van der Waals surface area contributed by atoms with Gasteiger partial charge in [0.2, 0.25) is 11.8 Å². The number of aromatic nitrogens is 4. The van der Waals surface area contributed by atoms with Crippen LogP contribution < -0.4 is 15.0 Å². The number of aromatic amines is 1. The lowest BCUT2D eigenvalue weighted by atomic mass is 10.2. The highest BCUT2D eigenvalue weighted by molar-refractivity contribution is 5.74. The van der Waals surface area contributed by atoms with Crippen LogP contribution in [0.4, 0.5) is 23.3 Å². The summed E-state index contributed by atoms with van der Waals surface area (Å²) in [7, 11) is 3.52. The van der Waals surface area contributed by atoms with E-state index in [0.29, 0.717) is 23.5 Å². The molecule has 0 atom stereocenters. The fourth-order valence-corrected chi connectivity index (χ4v) is 2.69. The van der Waals surface area contributed by atoms with Crippen molar-refractivity contribution < 1.29 is 9.15 Å². The van der Waals surface area contributed by atoms with Gasteiger partial charge in [0, 0.05) is 31.1 Å². The average Bonchev–Trinajstić information content (AvgIpc) is 3.40. The van der Waals surface area contributed by atoms with E-state index in [1.807, 2.05) is 60.5 Å². The van der Waals surface area contributed by atoms with E-state index in [1.54, 1.807) is 19.6 Å². The molecule has 4 rings (SSSR count). The molecule has 0 saturated carbocycles. The maximum Gasteiger partial charge on any atom is 0.226 e. The SMILES string of the molecule is COc1cccc(Nc2nnc(-c3cccnc3N(C)c3ccco3)[nH]2)c1. The van der Waals surface area contributed by atoms with Gasteiger partial charge in [-0.1, -0.05) is 6.07 Å². The molecule has 1 aromatic carbocycles. The second-order valence-corrected chi connectivity index (χ2v) is 5.76. The molecule has 0 unspecified atom stereocenters. The normalized spacial score (nSPS) is 10.6. The van der Waals surface area contributed by atoms with Crippen LogP contribution >= 0.6 is 0 Å². The Bertz CT molecular complexity index is 1030. The molecule has 2 N–H and O–H groups in total. The lowest BCUT2D eigenvalue weighted by molar-refractivity contribution is 0.415. The molecule has 3 heterocycles. The van der Waals surface area contributed by atoms with Crippen molar-refractivity contribution in [1.82, 2.24) is 20.2 Å². The van der Waals surface area contributed by atoms with Gasteiger partial charge in [0.25, 0.3) is 0 Å². The van der Waals surface area contributed by atoms with E-state index in [9.17, 15) is 0 Å². The molecule has 8 nitrogen and oxygen atoms in total. The van der Waals surface area contributed by atoms with Crippen molar-refractivity contribution in [1.29, 1.82) is 0 Å². The van der Waals surface area contributed by atoms with E-state index in [0.717, 1.165) is 17.0 Å². The Labute approximate surface area is 155 Å². The van der Waals surface area contributed by atoms with Crippen LogP contribution in [-0.2, 0) is 0 Å². The van der Waals surface area contributed by atoms with Crippen molar-refractivity contribution >= 4 is 23.3 Å². The van der Waals surface area contributed by atoms with Crippen LogP contribution in [0, 0.1) is 0 Å². The molecule has 0 aliphatic rings. The molecule has 0 aliphatic carbocycles. The molecule has 8 heteroatoms. The number of methoxy groups -OCH3 is 1. The van der Waals surface area contributed by atoms with Gasteiger partial charge >= 0.3 is 0 Å².